The first-order valence-corrected chi connectivity index (χ1v) is 9.67. The molecule has 4 heteroatoms. The summed E-state index contributed by atoms with van der Waals surface area (Å²) in [5.41, 5.74) is 6.44. The van der Waals surface area contributed by atoms with E-state index in [2.05, 4.69) is 24.4 Å². The van der Waals surface area contributed by atoms with Gasteiger partial charge in [0.25, 0.3) is 0 Å². The molecule has 1 aromatic heterocycles. The van der Waals surface area contributed by atoms with Crippen LogP contribution >= 0.6 is 0 Å². The van der Waals surface area contributed by atoms with Gasteiger partial charge >= 0.3 is 5.97 Å². The third-order valence-electron chi connectivity index (χ3n) is 5.40. The Balaban J connectivity index is 1.85. The first kappa shape index (κ1) is 19.9. The minimum absolute atomic E-state index is 0.357. The Labute approximate surface area is 166 Å². The maximum Gasteiger partial charge on any atom is 0.337 e. The van der Waals surface area contributed by atoms with E-state index in [0.29, 0.717) is 18.0 Å². The van der Waals surface area contributed by atoms with Crippen LogP contribution in [0.25, 0.3) is 5.69 Å². The predicted molar refractivity (Wildman–Crippen MR) is 114 cm³/mol. The number of aromatic nitrogens is 1. The van der Waals surface area contributed by atoms with Crippen LogP contribution in [0.15, 0.2) is 54.6 Å². The van der Waals surface area contributed by atoms with Gasteiger partial charge in [-0.15, -0.1) is 0 Å². The minimum atomic E-state index is -0.876. The van der Waals surface area contributed by atoms with Crippen molar-refractivity contribution in [3.8, 4) is 5.69 Å². The predicted octanol–water partition coefficient (Wildman–Crippen LogP) is 4.99. The molecule has 0 saturated heterocycles. The Kier molecular flexibility index (Phi) is 6.00. The quantitative estimate of drug-likeness (QED) is 0.610. The van der Waals surface area contributed by atoms with Gasteiger partial charge in [0.05, 0.1) is 5.56 Å². The van der Waals surface area contributed by atoms with Crippen LogP contribution in [-0.2, 0) is 6.54 Å². The van der Waals surface area contributed by atoms with Gasteiger partial charge in [0.1, 0.15) is 0 Å². The summed E-state index contributed by atoms with van der Waals surface area (Å²) in [5.74, 6) is -0.519. The highest BCUT2D eigenvalue weighted by atomic mass is 16.4. The van der Waals surface area contributed by atoms with Crippen molar-refractivity contribution in [3.63, 3.8) is 0 Å². The van der Waals surface area contributed by atoms with Crippen molar-refractivity contribution in [2.24, 2.45) is 0 Å². The summed E-state index contributed by atoms with van der Waals surface area (Å²) in [7, 11) is 0. The molecule has 0 unspecified atom stereocenters. The first-order chi connectivity index (χ1) is 13.4. The van der Waals surface area contributed by atoms with Gasteiger partial charge in [-0.1, -0.05) is 55.0 Å². The number of aryl methyl sites for hydroxylation is 1. The number of carbonyl (C=O) groups is 1. The van der Waals surface area contributed by atoms with Crippen LogP contribution in [0.1, 0.15) is 51.3 Å². The molecule has 0 spiro atoms. The molecule has 3 aromatic rings. The van der Waals surface area contributed by atoms with Crippen LogP contribution in [0.5, 0.6) is 0 Å². The molecule has 3 rings (SSSR count). The van der Waals surface area contributed by atoms with Crippen LogP contribution in [-0.4, -0.2) is 22.2 Å². The number of hydrogen-bond donors (Lipinski definition) is 2. The zero-order chi connectivity index (χ0) is 20.3. The molecular weight excluding hydrogens is 348 g/mol. The van der Waals surface area contributed by atoms with E-state index in [1.807, 2.05) is 67.8 Å². The summed E-state index contributed by atoms with van der Waals surface area (Å²) in [6.07, 6.45) is 0. The SMILES string of the molecule is Cc1ccc(-n2c(C)c(CNC[C@H](C)c3ccccc3)c(C(=O)O)c2C)cc1. The van der Waals surface area contributed by atoms with Crippen molar-refractivity contribution in [1.29, 1.82) is 0 Å². The Bertz CT molecular complexity index is 957. The Morgan fingerprint density at radius 1 is 1.00 bits per heavy atom. The molecule has 0 aliphatic rings. The molecule has 4 nitrogen and oxygen atoms in total. The summed E-state index contributed by atoms with van der Waals surface area (Å²) >= 11 is 0. The smallest absolute Gasteiger partial charge is 0.337 e. The largest absolute Gasteiger partial charge is 0.478 e. The van der Waals surface area contributed by atoms with E-state index < -0.39 is 5.97 Å². The standard InChI is InChI=1S/C24H28N2O2/c1-16-10-12-21(13-11-16)26-18(3)22(23(19(26)4)24(27)28)15-25-14-17(2)20-8-6-5-7-9-20/h5-13,17,25H,14-15H2,1-4H3,(H,27,28)/t17-/m0/s1. The second-order valence-electron chi connectivity index (χ2n) is 7.44. The van der Waals surface area contributed by atoms with E-state index in [-0.39, 0.29) is 0 Å². The van der Waals surface area contributed by atoms with E-state index in [1.165, 1.54) is 11.1 Å². The second kappa shape index (κ2) is 8.44. The number of carboxylic acids is 1. The molecule has 2 aromatic carbocycles. The zero-order valence-corrected chi connectivity index (χ0v) is 17.0. The summed E-state index contributed by atoms with van der Waals surface area (Å²) in [6, 6.07) is 18.5. The number of aromatic carboxylic acids is 1. The van der Waals surface area contributed by atoms with Gasteiger partial charge in [-0.3, -0.25) is 0 Å². The maximum atomic E-state index is 12.0. The summed E-state index contributed by atoms with van der Waals surface area (Å²) < 4.78 is 2.04. The monoisotopic (exact) mass is 376 g/mol. The molecule has 1 atom stereocenters. The molecule has 0 aliphatic carbocycles. The fourth-order valence-electron chi connectivity index (χ4n) is 3.79. The molecule has 0 aliphatic heterocycles. The van der Waals surface area contributed by atoms with E-state index >= 15 is 0 Å². The number of hydrogen-bond acceptors (Lipinski definition) is 2. The van der Waals surface area contributed by atoms with E-state index in [1.54, 1.807) is 0 Å². The molecule has 0 radical (unpaired) electrons. The van der Waals surface area contributed by atoms with Crippen molar-refractivity contribution in [2.45, 2.75) is 40.2 Å². The van der Waals surface area contributed by atoms with Gasteiger partial charge in [-0.25, -0.2) is 4.79 Å². The summed E-state index contributed by atoms with van der Waals surface area (Å²) in [5, 5.41) is 13.3. The highest BCUT2D eigenvalue weighted by Gasteiger charge is 2.23. The van der Waals surface area contributed by atoms with Gasteiger partial charge in [-0.2, -0.15) is 0 Å². The van der Waals surface area contributed by atoms with Crippen LogP contribution < -0.4 is 5.32 Å². The molecular formula is C24H28N2O2. The molecule has 2 N–H and O–H groups in total. The topological polar surface area (TPSA) is 54.3 Å². The number of nitrogens with zero attached hydrogens (tertiary/aromatic N) is 1. The fourth-order valence-corrected chi connectivity index (χ4v) is 3.79. The van der Waals surface area contributed by atoms with E-state index in [0.717, 1.165) is 29.2 Å². The summed E-state index contributed by atoms with van der Waals surface area (Å²) in [6.45, 7) is 9.42. The van der Waals surface area contributed by atoms with Gasteiger partial charge in [0.2, 0.25) is 0 Å². The highest BCUT2D eigenvalue weighted by molar-refractivity contribution is 5.91. The number of rotatable bonds is 7. The molecule has 28 heavy (non-hydrogen) atoms. The summed E-state index contributed by atoms with van der Waals surface area (Å²) in [4.78, 5) is 12.0. The minimum Gasteiger partial charge on any atom is -0.478 e. The first-order valence-electron chi connectivity index (χ1n) is 9.67. The lowest BCUT2D eigenvalue weighted by Crippen LogP contribution is -2.21. The van der Waals surface area contributed by atoms with Crippen molar-refractivity contribution >= 4 is 5.97 Å². The van der Waals surface area contributed by atoms with Crippen LogP contribution in [0.2, 0.25) is 0 Å². The van der Waals surface area contributed by atoms with Gasteiger partial charge in [-0.05, 0) is 44.4 Å². The lowest BCUT2D eigenvalue weighted by molar-refractivity contribution is 0.0695. The fraction of sp³-hybridized carbons (Fsp3) is 0.292. The normalized spacial score (nSPS) is 12.1. The van der Waals surface area contributed by atoms with Crippen molar-refractivity contribution in [3.05, 3.63) is 88.2 Å². The second-order valence-corrected chi connectivity index (χ2v) is 7.44. The van der Waals surface area contributed by atoms with Gasteiger partial charge in [0.15, 0.2) is 0 Å². The average Bonchev–Trinajstić information content (AvgIpc) is 2.93. The van der Waals surface area contributed by atoms with Gasteiger partial charge in [0, 0.05) is 35.7 Å². The average molecular weight is 377 g/mol. The molecule has 0 bridgehead atoms. The molecule has 0 saturated carbocycles. The zero-order valence-electron chi connectivity index (χ0n) is 17.0. The lowest BCUT2D eigenvalue weighted by Gasteiger charge is -2.14. The van der Waals surface area contributed by atoms with Gasteiger partial charge < -0.3 is 15.0 Å². The highest BCUT2D eigenvalue weighted by Crippen LogP contribution is 2.27. The third-order valence-corrected chi connectivity index (χ3v) is 5.40. The lowest BCUT2D eigenvalue weighted by atomic mass is 10.0. The third kappa shape index (κ3) is 4.02. The number of carboxylic acid groups (broad SMARTS) is 1. The maximum absolute atomic E-state index is 12.0. The van der Waals surface area contributed by atoms with Crippen molar-refractivity contribution < 1.29 is 9.90 Å². The Hall–Kier alpha value is -2.85. The molecule has 0 fully saturated rings. The molecule has 0 amide bonds. The van der Waals surface area contributed by atoms with Crippen molar-refractivity contribution in [2.75, 3.05) is 6.54 Å². The number of nitrogens with one attached hydrogen (secondary N) is 1. The van der Waals surface area contributed by atoms with Crippen LogP contribution in [0.3, 0.4) is 0 Å². The van der Waals surface area contributed by atoms with Crippen LogP contribution in [0, 0.1) is 20.8 Å². The molecule has 146 valence electrons. The van der Waals surface area contributed by atoms with Crippen LogP contribution in [0.4, 0.5) is 0 Å². The van der Waals surface area contributed by atoms with E-state index in [4.69, 9.17) is 0 Å². The number of benzene rings is 2. The molecule has 1 heterocycles. The van der Waals surface area contributed by atoms with Crippen molar-refractivity contribution in [1.82, 2.24) is 9.88 Å². The Morgan fingerprint density at radius 3 is 2.25 bits per heavy atom. The Morgan fingerprint density at radius 2 is 1.64 bits per heavy atom. The van der Waals surface area contributed by atoms with E-state index in [9.17, 15) is 9.90 Å².